The Hall–Kier alpha value is -1.06. The van der Waals surface area contributed by atoms with Gasteiger partial charge in [-0.25, -0.2) is 0 Å². The van der Waals surface area contributed by atoms with Crippen molar-refractivity contribution in [2.75, 3.05) is 19.8 Å². The van der Waals surface area contributed by atoms with Crippen molar-refractivity contribution in [3.63, 3.8) is 0 Å². The van der Waals surface area contributed by atoms with Crippen LogP contribution in [-0.4, -0.2) is 30.9 Å². The van der Waals surface area contributed by atoms with Crippen LogP contribution in [0.2, 0.25) is 0 Å². The predicted molar refractivity (Wildman–Crippen MR) is 65.8 cm³/mol. The van der Waals surface area contributed by atoms with Gasteiger partial charge in [0.2, 0.25) is 0 Å². The van der Waals surface area contributed by atoms with E-state index in [1.165, 1.54) is 5.56 Å². The average Bonchev–Trinajstić information content (AvgIpc) is 2.30. The van der Waals surface area contributed by atoms with Crippen LogP contribution in [0.25, 0.3) is 0 Å². The lowest BCUT2D eigenvalue weighted by Crippen LogP contribution is -2.33. The van der Waals surface area contributed by atoms with Crippen molar-refractivity contribution in [3.05, 3.63) is 29.8 Å². The van der Waals surface area contributed by atoms with Crippen LogP contribution in [0.15, 0.2) is 24.3 Å². The van der Waals surface area contributed by atoms with E-state index in [9.17, 15) is 0 Å². The summed E-state index contributed by atoms with van der Waals surface area (Å²) in [5.74, 6) is 0.888. The zero-order valence-corrected chi connectivity index (χ0v) is 10.1. The van der Waals surface area contributed by atoms with Crippen molar-refractivity contribution in [2.24, 2.45) is 0 Å². The van der Waals surface area contributed by atoms with Gasteiger partial charge in [0.15, 0.2) is 0 Å². The van der Waals surface area contributed by atoms with E-state index in [0.29, 0.717) is 6.61 Å². The summed E-state index contributed by atoms with van der Waals surface area (Å²) in [6.07, 6.45) is 0.818. The molecule has 0 spiro atoms. The van der Waals surface area contributed by atoms with Crippen molar-refractivity contribution in [2.45, 2.75) is 26.3 Å². The van der Waals surface area contributed by atoms with E-state index in [0.717, 1.165) is 18.7 Å². The van der Waals surface area contributed by atoms with Crippen LogP contribution in [0.3, 0.4) is 0 Å². The molecule has 0 amide bonds. The third-order valence-corrected chi connectivity index (χ3v) is 2.47. The van der Waals surface area contributed by atoms with Gasteiger partial charge in [0.25, 0.3) is 0 Å². The topological polar surface area (TPSA) is 41.5 Å². The first kappa shape index (κ1) is 13.0. The third-order valence-electron chi connectivity index (χ3n) is 2.47. The van der Waals surface area contributed by atoms with Gasteiger partial charge in [-0.1, -0.05) is 24.6 Å². The highest BCUT2D eigenvalue weighted by atomic mass is 16.5. The molecule has 2 N–H and O–H groups in total. The van der Waals surface area contributed by atoms with E-state index in [1.807, 2.05) is 31.2 Å². The number of benzene rings is 1. The molecule has 1 atom stereocenters. The maximum Gasteiger partial charge on any atom is 0.119 e. The number of aliphatic hydroxyl groups is 1. The molecule has 0 saturated carbocycles. The van der Waals surface area contributed by atoms with Crippen molar-refractivity contribution >= 4 is 0 Å². The minimum Gasteiger partial charge on any atom is -0.494 e. The smallest absolute Gasteiger partial charge is 0.119 e. The number of aryl methyl sites for hydroxylation is 1. The van der Waals surface area contributed by atoms with E-state index in [4.69, 9.17) is 9.84 Å². The van der Waals surface area contributed by atoms with Gasteiger partial charge in [0.1, 0.15) is 5.75 Å². The summed E-state index contributed by atoms with van der Waals surface area (Å²) in [7, 11) is 0. The SMILES string of the molecule is CCNC(CO)CCOc1ccc(C)cc1. The number of hydrogen-bond acceptors (Lipinski definition) is 3. The summed E-state index contributed by atoms with van der Waals surface area (Å²) in [5.41, 5.74) is 1.23. The van der Waals surface area contributed by atoms with Gasteiger partial charge in [0, 0.05) is 6.04 Å². The molecular formula is C13H21NO2. The van der Waals surface area contributed by atoms with Crippen LogP contribution in [0.4, 0.5) is 0 Å². The molecule has 0 aliphatic carbocycles. The molecule has 0 aromatic heterocycles. The molecule has 3 nitrogen and oxygen atoms in total. The van der Waals surface area contributed by atoms with Crippen LogP contribution in [0.1, 0.15) is 18.9 Å². The van der Waals surface area contributed by atoms with Gasteiger partial charge in [-0.2, -0.15) is 0 Å². The second kappa shape index (κ2) is 7.25. The molecule has 0 bridgehead atoms. The molecule has 0 aliphatic rings. The van der Waals surface area contributed by atoms with E-state index in [-0.39, 0.29) is 12.6 Å². The fourth-order valence-corrected chi connectivity index (χ4v) is 1.50. The summed E-state index contributed by atoms with van der Waals surface area (Å²) in [5, 5.41) is 12.3. The molecule has 1 rings (SSSR count). The summed E-state index contributed by atoms with van der Waals surface area (Å²) >= 11 is 0. The zero-order chi connectivity index (χ0) is 11.8. The minimum atomic E-state index is 0.135. The summed E-state index contributed by atoms with van der Waals surface area (Å²) in [6, 6.07) is 8.13. The van der Waals surface area contributed by atoms with E-state index >= 15 is 0 Å². The Morgan fingerprint density at radius 2 is 2.00 bits per heavy atom. The molecule has 0 aliphatic heterocycles. The van der Waals surface area contributed by atoms with Gasteiger partial charge in [-0.3, -0.25) is 0 Å². The Morgan fingerprint density at radius 3 is 2.56 bits per heavy atom. The molecule has 16 heavy (non-hydrogen) atoms. The van der Waals surface area contributed by atoms with Gasteiger partial charge >= 0.3 is 0 Å². The highest BCUT2D eigenvalue weighted by molar-refractivity contribution is 5.26. The Kier molecular flexibility index (Phi) is 5.90. The van der Waals surface area contributed by atoms with Crippen molar-refractivity contribution in [3.8, 4) is 5.75 Å². The molecule has 0 heterocycles. The number of nitrogens with one attached hydrogen (secondary N) is 1. The van der Waals surface area contributed by atoms with Crippen molar-refractivity contribution < 1.29 is 9.84 Å². The lowest BCUT2D eigenvalue weighted by Gasteiger charge is -2.15. The molecule has 0 radical (unpaired) electrons. The van der Waals surface area contributed by atoms with Crippen LogP contribution < -0.4 is 10.1 Å². The van der Waals surface area contributed by atoms with Crippen LogP contribution in [0, 0.1) is 6.92 Å². The van der Waals surface area contributed by atoms with E-state index < -0.39 is 0 Å². The molecule has 0 saturated heterocycles. The minimum absolute atomic E-state index is 0.135. The normalized spacial score (nSPS) is 12.4. The maximum absolute atomic E-state index is 9.07. The van der Waals surface area contributed by atoms with E-state index in [2.05, 4.69) is 12.2 Å². The quantitative estimate of drug-likeness (QED) is 0.739. The number of hydrogen-bond donors (Lipinski definition) is 2. The second-order valence-corrected chi connectivity index (χ2v) is 3.89. The first-order valence-corrected chi connectivity index (χ1v) is 5.80. The molecule has 1 aromatic rings. The standard InChI is InChI=1S/C13H21NO2/c1-3-14-12(10-15)8-9-16-13-6-4-11(2)5-7-13/h4-7,12,14-15H,3,8-10H2,1-2H3. The van der Waals surface area contributed by atoms with Gasteiger partial charge in [0.05, 0.1) is 13.2 Å². The van der Waals surface area contributed by atoms with Crippen molar-refractivity contribution in [1.82, 2.24) is 5.32 Å². The van der Waals surface area contributed by atoms with Gasteiger partial charge in [-0.05, 0) is 32.0 Å². The van der Waals surface area contributed by atoms with Gasteiger partial charge < -0.3 is 15.2 Å². The van der Waals surface area contributed by atoms with Crippen LogP contribution in [-0.2, 0) is 0 Å². The lowest BCUT2D eigenvalue weighted by atomic mass is 10.2. The molecule has 1 unspecified atom stereocenters. The van der Waals surface area contributed by atoms with Gasteiger partial charge in [-0.15, -0.1) is 0 Å². The molecule has 1 aromatic carbocycles. The van der Waals surface area contributed by atoms with Crippen molar-refractivity contribution in [1.29, 1.82) is 0 Å². The Labute approximate surface area is 97.4 Å². The predicted octanol–water partition coefficient (Wildman–Crippen LogP) is 1.73. The zero-order valence-electron chi connectivity index (χ0n) is 10.1. The van der Waals surface area contributed by atoms with Crippen LogP contribution in [0.5, 0.6) is 5.75 Å². The monoisotopic (exact) mass is 223 g/mol. The highest BCUT2D eigenvalue weighted by Gasteiger charge is 2.05. The molecule has 0 fully saturated rings. The number of rotatable bonds is 7. The third kappa shape index (κ3) is 4.64. The highest BCUT2D eigenvalue weighted by Crippen LogP contribution is 2.11. The fourth-order valence-electron chi connectivity index (χ4n) is 1.50. The molecular weight excluding hydrogens is 202 g/mol. The Morgan fingerprint density at radius 1 is 1.31 bits per heavy atom. The largest absolute Gasteiger partial charge is 0.494 e. The number of aliphatic hydroxyl groups excluding tert-OH is 1. The molecule has 90 valence electrons. The summed E-state index contributed by atoms with van der Waals surface area (Å²) in [6.45, 7) is 5.74. The van der Waals surface area contributed by atoms with E-state index in [1.54, 1.807) is 0 Å². The number of likely N-dealkylation sites (N-methyl/N-ethyl adjacent to an activating group) is 1. The molecule has 3 heteroatoms. The first-order valence-electron chi connectivity index (χ1n) is 5.80. The second-order valence-electron chi connectivity index (χ2n) is 3.89. The maximum atomic E-state index is 9.07. The lowest BCUT2D eigenvalue weighted by molar-refractivity contribution is 0.210. The van der Waals surface area contributed by atoms with Crippen LogP contribution >= 0.6 is 0 Å². The summed E-state index contributed by atoms with van der Waals surface area (Å²) in [4.78, 5) is 0. The Balaban J connectivity index is 2.26. The first-order chi connectivity index (χ1) is 7.76. The Bertz CT molecular complexity index is 284. The number of ether oxygens (including phenoxy) is 1. The fraction of sp³-hybridized carbons (Fsp3) is 0.538. The summed E-state index contributed by atoms with van der Waals surface area (Å²) < 4.78 is 5.59. The average molecular weight is 223 g/mol.